The van der Waals surface area contributed by atoms with Crippen LogP contribution in [0, 0.1) is 10.1 Å². The molecule has 0 aliphatic heterocycles. The van der Waals surface area contributed by atoms with Crippen LogP contribution in [0.4, 0.5) is 5.69 Å². The van der Waals surface area contributed by atoms with Crippen LogP contribution < -0.4 is 0 Å². The van der Waals surface area contributed by atoms with Crippen molar-refractivity contribution in [2.75, 3.05) is 0 Å². The van der Waals surface area contributed by atoms with Crippen molar-refractivity contribution in [2.24, 2.45) is 0 Å². The van der Waals surface area contributed by atoms with Crippen LogP contribution in [0.5, 0.6) is 0 Å². The van der Waals surface area contributed by atoms with E-state index in [4.69, 9.17) is 0 Å². The van der Waals surface area contributed by atoms with Crippen LogP contribution in [0.25, 0.3) is 11.1 Å². The number of hydrogen-bond acceptors (Lipinski definition) is 3. The number of aryl methyl sites for hydroxylation is 1. The van der Waals surface area contributed by atoms with Gasteiger partial charge in [0.15, 0.2) is 0 Å². The van der Waals surface area contributed by atoms with Crippen molar-refractivity contribution in [3.63, 3.8) is 0 Å². The molecule has 0 aliphatic carbocycles. The fourth-order valence-corrected chi connectivity index (χ4v) is 2.16. The molecule has 2 aromatic rings. The molecule has 4 nitrogen and oxygen atoms in total. The third-order valence-corrected chi connectivity index (χ3v) is 3.20. The maximum atomic E-state index is 11.0. The Bertz CT molecular complexity index is 633. The number of aldehydes is 1. The zero-order valence-corrected chi connectivity index (χ0v) is 11.2. The third kappa shape index (κ3) is 2.91. The van der Waals surface area contributed by atoms with E-state index in [0.717, 1.165) is 35.8 Å². The summed E-state index contributed by atoms with van der Waals surface area (Å²) >= 11 is 0. The number of nitrogens with zero attached hydrogens (tertiary/aromatic N) is 1. The summed E-state index contributed by atoms with van der Waals surface area (Å²) in [5, 5.41) is 10.6. The van der Waals surface area contributed by atoms with Crippen LogP contribution in [-0.4, -0.2) is 11.2 Å². The summed E-state index contributed by atoms with van der Waals surface area (Å²) in [6.07, 6.45) is 2.67. The quantitative estimate of drug-likeness (QED) is 0.468. The van der Waals surface area contributed by atoms with Gasteiger partial charge in [0.25, 0.3) is 5.69 Å². The standard InChI is InChI=1S/C16H15NO3/c1-2-3-13-10-14(4-5-15(13)11-18)12-6-8-16(9-7-12)17(19)20/h4-11H,2-3H2,1H3. The van der Waals surface area contributed by atoms with Crippen LogP contribution in [0.1, 0.15) is 29.3 Å². The van der Waals surface area contributed by atoms with E-state index in [1.807, 2.05) is 12.1 Å². The molecule has 0 saturated carbocycles. The summed E-state index contributed by atoms with van der Waals surface area (Å²) in [7, 11) is 0. The van der Waals surface area contributed by atoms with Gasteiger partial charge in [-0.15, -0.1) is 0 Å². The van der Waals surface area contributed by atoms with Gasteiger partial charge >= 0.3 is 0 Å². The molecule has 0 N–H and O–H groups in total. The van der Waals surface area contributed by atoms with Crippen molar-refractivity contribution in [2.45, 2.75) is 19.8 Å². The Hall–Kier alpha value is -2.49. The average Bonchev–Trinajstić information content (AvgIpc) is 2.47. The highest BCUT2D eigenvalue weighted by atomic mass is 16.6. The molecular formula is C16H15NO3. The predicted octanol–water partition coefficient (Wildman–Crippen LogP) is 4.03. The number of benzene rings is 2. The molecule has 2 aromatic carbocycles. The highest BCUT2D eigenvalue weighted by Gasteiger charge is 2.07. The van der Waals surface area contributed by atoms with E-state index in [-0.39, 0.29) is 5.69 Å². The molecule has 0 unspecified atom stereocenters. The van der Waals surface area contributed by atoms with Crippen LogP contribution in [-0.2, 0) is 6.42 Å². The molecule has 0 bridgehead atoms. The largest absolute Gasteiger partial charge is 0.298 e. The van der Waals surface area contributed by atoms with E-state index in [9.17, 15) is 14.9 Å². The Balaban J connectivity index is 2.39. The van der Waals surface area contributed by atoms with Crippen LogP contribution in [0.15, 0.2) is 42.5 Å². The first-order chi connectivity index (χ1) is 9.65. The van der Waals surface area contributed by atoms with E-state index in [0.29, 0.717) is 5.56 Å². The fourth-order valence-electron chi connectivity index (χ4n) is 2.16. The normalized spacial score (nSPS) is 10.2. The summed E-state index contributed by atoms with van der Waals surface area (Å²) in [6, 6.07) is 12.1. The summed E-state index contributed by atoms with van der Waals surface area (Å²) in [5.41, 5.74) is 3.67. The van der Waals surface area contributed by atoms with E-state index < -0.39 is 4.92 Å². The molecule has 0 fully saturated rings. The van der Waals surface area contributed by atoms with Gasteiger partial charge in [-0.2, -0.15) is 0 Å². The topological polar surface area (TPSA) is 60.2 Å². The molecule has 0 aliphatic rings. The van der Waals surface area contributed by atoms with Gasteiger partial charge in [-0.25, -0.2) is 0 Å². The number of nitro groups is 1. The van der Waals surface area contributed by atoms with E-state index in [1.54, 1.807) is 18.2 Å². The lowest BCUT2D eigenvalue weighted by atomic mass is 9.97. The van der Waals surface area contributed by atoms with Gasteiger partial charge in [-0.1, -0.05) is 31.5 Å². The molecule has 0 amide bonds. The Morgan fingerprint density at radius 3 is 2.30 bits per heavy atom. The number of carbonyl (C=O) groups excluding carboxylic acids is 1. The van der Waals surface area contributed by atoms with E-state index >= 15 is 0 Å². The molecule has 2 rings (SSSR count). The minimum absolute atomic E-state index is 0.0760. The molecule has 0 saturated heterocycles. The van der Waals surface area contributed by atoms with Crippen LogP contribution in [0.2, 0.25) is 0 Å². The Kier molecular flexibility index (Phi) is 4.25. The van der Waals surface area contributed by atoms with Crippen molar-refractivity contribution >= 4 is 12.0 Å². The number of hydrogen-bond donors (Lipinski definition) is 0. The molecule has 20 heavy (non-hydrogen) atoms. The van der Waals surface area contributed by atoms with Crippen molar-refractivity contribution in [3.8, 4) is 11.1 Å². The minimum Gasteiger partial charge on any atom is -0.298 e. The van der Waals surface area contributed by atoms with Crippen molar-refractivity contribution in [1.82, 2.24) is 0 Å². The third-order valence-electron chi connectivity index (χ3n) is 3.20. The zero-order valence-electron chi connectivity index (χ0n) is 11.2. The average molecular weight is 269 g/mol. The SMILES string of the molecule is CCCc1cc(-c2ccc([N+](=O)[O-])cc2)ccc1C=O. The summed E-state index contributed by atoms with van der Waals surface area (Å²) in [5.74, 6) is 0. The zero-order chi connectivity index (χ0) is 14.5. The lowest BCUT2D eigenvalue weighted by molar-refractivity contribution is -0.384. The summed E-state index contributed by atoms with van der Waals surface area (Å²) in [4.78, 5) is 21.2. The van der Waals surface area contributed by atoms with Crippen LogP contribution >= 0.6 is 0 Å². The van der Waals surface area contributed by atoms with Crippen molar-refractivity contribution in [3.05, 3.63) is 63.7 Å². The first-order valence-electron chi connectivity index (χ1n) is 6.48. The summed E-state index contributed by atoms with van der Waals surface area (Å²) < 4.78 is 0. The molecule has 0 atom stereocenters. The molecule has 102 valence electrons. The van der Waals surface area contributed by atoms with Gasteiger partial charge in [0.2, 0.25) is 0 Å². The first kappa shape index (κ1) is 13.9. The van der Waals surface area contributed by atoms with Gasteiger partial charge in [0, 0.05) is 17.7 Å². The lowest BCUT2D eigenvalue weighted by Crippen LogP contribution is -1.93. The highest BCUT2D eigenvalue weighted by Crippen LogP contribution is 2.25. The number of carbonyl (C=O) groups is 1. The number of non-ortho nitro benzene ring substituents is 1. The van der Waals surface area contributed by atoms with Gasteiger partial charge in [-0.05, 0) is 35.2 Å². The fraction of sp³-hybridized carbons (Fsp3) is 0.188. The second-order valence-electron chi connectivity index (χ2n) is 4.59. The molecular weight excluding hydrogens is 254 g/mol. The summed E-state index contributed by atoms with van der Waals surface area (Å²) in [6.45, 7) is 2.06. The maximum absolute atomic E-state index is 11.0. The molecule has 0 spiro atoms. The Morgan fingerprint density at radius 1 is 1.10 bits per heavy atom. The minimum atomic E-state index is -0.415. The van der Waals surface area contributed by atoms with Gasteiger partial charge in [-0.3, -0.25) is 14.9 Å². The van der Waals surface area contributed by atoms with Gasteiger partial charge in [0.1, 0.15) is 6.29 Å². The Morgan fingerprint density at radius 2 is 1.75 bits per heavy atom. The van der Waals surface area contributed by atoms with E-state index in [1.165, 1.54) is 12.1 Å². The molecule has 0 heterocycles. The smallest absolute Gasteiger partial charge is 0.269 e. The van der Waals surface area contributed by atoms with Crippen molar-refractivity contribution in [1.29, 1.82) is 0 Å². The van der Waals surface area contributed by atoms with Crippen LogP contribution in [0.3, 0.4) is 0 Å². The van der Waals surface area contributed by atoms with E-state index in [2.05, 4.69) is 6.92 Å². The molecule has 0 radical (unpaired) electrons. The molecule has 0 aromatic heterocycles. The van der Waals surface area contributed by atoms with Gasteiger partial charge in [0.05, 0.1) is 4.92 Å². The molecule has 4 heteroatoms. The van der Waals surface area contributed by atoms with Crippen molar-refractivity contribution < 1.29 is 9.72 Å². The number of rotatable bonds is 5. The second kappa shape index (κ2) is 6.10. The predicted molar refractivity (Wildman–Crippen MR) is 77.9 cm³/mol. The maximum Gasteiger partial charge on any atom is 0.269 e. The van der Waals surface area contributed by atoms with Gasteiger partial charge < -0.3 is 0 Å². The first-order valence-corrected chi connectivity index (χ1v) is 6.48. The second-order valence-corrected chi connectivity index (χ2v) is 4.59. The lowest BCUT2D eigenvalue weighted by Gasteiger charge is -2.07. The Labute approximate surface area is 117 Å². The number of nitro benzene ring substituents is 1. The highest BCUT2D eigenvalue weighted by molar-refractivity contribution is 5.79. The monoisotopic (exact) mass is 269 g/mol.